The Morgan fingerprint density at radius 3 is 1.76 bits per heavy atom. The number of hydrogen-bond acceptors (Lipinski definition) is 5. The SMILES string of the molecule is O=C(N[C@H]1COC[C@H]1NC(=O)c1ccoc1)c1ccoc1. The molecule has 1 fully saturated rings. The molecule has 2 amide bonds. The van der Waals surface area contributed by atoms with Crippen LogP contribution in [0.15, 0.2) is 46.0 Å². The summed E-state index contributed by atoms with van der Waals surface area (Å²) < 4.78 is 15.1. The maximum atomic E-state index is 12.0. The van der Waals surface area contributed by atoms with Crippen LogP contribution in [-0.2, 0) is 4.74 Å². The molecule has 1 aliphatic rings. The third kappa shape index (κ3) is 2.97. The average Bonchev–Trinajstić information content (AvgIpc) is 3.22. The van der Waals surface area contributed by atoms with Gasteiger partial charge < -0.3 is 24.2 Å². The van der Waals surface area contributed by atoms with Crippen LogP contribution >= 0.6 is 0 Å². The monoisotopic (exact) mass is 290 g/mol. The Bertz CT molecular complexity index is 551. The number of ether oxygens (including phenoxy) is 1. The van der Waals surface area contributed by atoms with Crippen LogP contribution in [0.2, 0.25) is 0 Å². The van der Waals surface area contributed by atoms with E-state index in [1.807, 2.05) is 0 Å². The van der Waals surface area contributed by atoms with Crippen molar-refractivity contribution in [2.24, 2.45) is 0 Å². The number of rotatable bonds is 4. The van der Waals surface area contributed by atoms with Crippen molar-refractivity contribution in [1.29, 1.82) is 0 Å². The van der Waals surface area contributed by atoms with Gasteiger partial charge in [0, 0.05) is 0 Å². The van der Waals surface area contributed by atoms with Crippen LogP contribution in [0.3, 0.4) is 0 Å². The van der Waals surface area contributed by atoms with Crippen LogP contribution in [-0.4, -0.2) is 37.1 Å². The molecular formula is C14H14N2O5. The summed E-state index contributed by atoms with van der Waals surface area (Å²) in [6.07, 6.45) is 5.59. The van der Waals surface area contributed by atoms with Gasteiger partial charge in [0.25, 0.3) is 11.8 Å². The first-order chi connectivity index (χ1) is 10.2. The predicted octanol–water partition coefficient (Wildman–Crippen LogP) is 0.800. The molecule has 3 heterocycles. The molecule has 0 bridgehead atoms. The molecule has 2 aromatic rings. The Morgan fingerprint density at radius 2 is 1.38 bits per heavy atom. The highest BCUT2D eigenvalue weighted by Crippen LogP contribution is 2.09. The average molecular weight is 290 g/mol. The summed E-state index contributed by atoms with van der Waals surface area (Å²) in [5.74, 6) is -0.524. The molecular weight excluding hydrogens is 276 g/mol. The highest BCUT2D eigenvalue weighted by Gasteiger charge is 2.31. The fourth-order valence-electron chi connectivity index (χ4n) is 2.13. The first-order valence-electron chi connectivity index (χ1n) is 6.48. The van der Waals surface area contributed by atoms with Crippen molar-refractivity contribution in [2.45, 2.75) is 12.1 Å². The minimum absolute atomic E-state index is 0.262. The normalized spacial score (nSPS) is 21.1. The van der Waals surface area contributed by atoms with Crippen LogP contribution in [0, 0.1) is 0 Å². The van der Waals surface area contributed by atoms with Gasteiger partial charge in [-0.3, -0.25) is 9.59 Å². The molecule has 0 unspecified atom stereocenters. The molecule has 110 valence electrons. The zero-order valence-electron chi connectivity index (χ0n) is 11.1. The van der Waals surface area contributed by atoms with Crippen molar-refractivity contribution in [2.75, 3.05) is 13.2 Å². The minimum atomic E-state index is -0.289. The molecule has 1 saturated heterocycles. The molecule has 3 rings (SSSR count). The van der Waals surface area contributed by atoms with E-state index in [0.29, 0.717) is 24.3 Å². The summed E-state index contributed by atoms with van der Waals surface area (Å²) in [5, 5.41) is 5.64. The number of furan rings is 2. The number of hydrogen-bond donors (Lipinski definition) is 2. The Kier molecular flexibility index (Phi) is 3.74. The van der Waals surface area contributed by atoms with Crippen LogP contribution in [0.4, 0.5) is 0 Å². The van der Waals surface area contributed by atoms with E-state index in [9.17, 15) is 9.59 Å². The predicted molar refractivity (Wildman–Crippen MR) is 70.7 cm³/mol. The summed E-state index contributed by atoms with van der Waals surface area (Å²) >= 11 is 0. The van der Waals surface area contributed by atoms with E-state index in [-0.39, 0.29) is 23.9 Å². The van der Waals surface area contributed by atoms with Crippen molar-refractivity contribution in [3.8, 4) is 0 Å². The van der Waals surface area contributed by atoms with Crippen LogP contribution in [0.1, 0.15) is 20.7 Å². The van der Waals surface area contributed by atoms with Gasteiger partial charge in [0.1, 0.15) is 12.5 Å². The lowest BCUT2D eigenvalue weighted by Gasteiger charge is -2.19. The Balaban J connectivity index is 1.60. The van der Waals surface area contributed by atoms with Crippen LogP contribution in [0.5, 0.6) is 0 Å². The van der Waals surface area contributed by atoms with Crippen molar-refractivity contribution in [3.05, 3.63) is 48.3 Å². The molecule has 2 aromatic heterocycles. The maximum absolute atomic E-state index is 12.0. The molecule has 2 atom stereocenters. The minimum Gasteiger partial charge on any atom is -0.472 e. The van der Waals surface area contributed by atoms with Gasteiger partial charge in [0.2, 0.25) is 0 Å². The van der Waals surface area contributed by atoms with E-state index in [2.05, 4.69) is 10.6 Å². The summed E-state index contributed by atoms with van der Waals surface area (Å²) in [6.45, 7) is 0.694. The summed E-state index contributed by atoms with van der Waals surface area (Å²) in [6, 6.07) is 2.57. The van der Waals surface area contributed by atoms with Crippen molar-refractivity contribution in [3.63, 3.8) is 0 Å². The lowest BCUT2D eigenvalue weighted by atomic mass is 10.1. The van der Waals surface area contributed by atoms with Gasteiger partial charge in [-0.15, -0.1) is 0 Å². The standard InChI is InChI=1S/C14H14N2O5/c17-13(9-1-3-19-5-9)15-11-7-21-8-12(11)16-14(18)10-2-4-20-6-10/h1-6,11-12H,7-8H2,(H,15,17)(H,16,18)/t11-,12+. The van der Waals surface area contributed by atoms with Gasteiger partial charge in [-0.05, 0) is 12.1 Å². The second-order valence-electron chi connectivity index (χ2n) is 4.72. The molecule has 7 nitrogen and oxygen atoms in total. The van der Waals surface area contributed by atoms with Crippen LogP contribution in [0.25, 0.3) is 0 Å². The second kappa shape index (κ2) is 5.84. The number of carbonyl (C=O) groups is 2. The summed E-state index contributed by atoms with van der Waals surface area (Å²) in [4.78, 5) is 23.9. The van der Waals surface area contributed by atoms with Crippen molar-refractivity contribution < 1.29 is 23.2 Å². The first kappa shape index (κ1) is 13.4. The van der Waals surface area contributed by atoms with Gasteiger partial charge >= 0.3 is 0 Å². The Morgan fingerprint density at radius 1 is 0.905 bits per heavy atom. The molecule has 0 spiro atoms. The van der Waals surface area contributed by atoms with E-state index in [0.717, 1.165) is 0 Å². The quantitative estimate of drug-likeness (QED) is 0.868. The highest BCUT2D eigenvalue weighted by atomic mass is 16.5. The lowest BCUT2D eigenvalue weighted by Crippen LogP contribution is -2.50. The molecule has 1 aliphatic heterocycles. The highest BCUT2D eigenvalue weighted by molar-refractivity contribution is 5.95. The third-order valence-electron chi connectivity index (χ3n) is 3.28. The van der Waals surface area contributed by atoms with E-state index >= 15 is 0 Å². The van der Waals surface area contributed by atoms with Gasteiger partial charge in [-0.25, -0.2) is 0 Å². The zero-order valence-corrected chi connectivity index (χ0v) is 11.1. The largest absolute Gasteiger partial charge is 0.472 e. The zero-order chi connectivity index (χ0) is 14.7. The van der Waals surface area contributed by atoms with Crippen LogP contribution < -0.4 is 10.6 Å². The summed E-state index contributed by atoms with van der Waals surface area (Å²) in [5.41, 5.74) is 0.864. The fraction of sp³-hybridized carbons (Fsp3) is 0.286. The van der Waals surface area contributed by atoms with E-state index < -0.39 is 0 Å². The van der Waals surface area contributed by atoms with Gasteiger partial charge in [-0.1, -0.05) is 0 Å². The molecule has 0 aromatic carbocycles. The molecule has 0 radical (unpaired) electrons. The smallest absolute Gasteiger partial charge is 0.254 e. The maximum Gasteiger partial charge on any atom is 0.254 e. The third-order valence-corrected chi connectivity index (χ3v) is 3.28. The fourth-order valence-corrected chi connectivity index (χ4v) is 2.13. The molecule has 0 aliphatic carbocycles. The Hall–Kier alpha value is -2.54. The lowest BCUT2D eigenvalue weighted by molar-refractivity contribution is 0.0896. The van der Waals surface area contributed by atoms with E-state index in [1.54, 1.807) is 12.1 Å². The number of amides is 2. The molecule has 21 heavy (non-hydrogen) atoms. The molecule has 7 heteroatoms. The van der Waals surface area contributed by atoms with Crippen molar-refractivity contribution >= 4 is 11.8 Å². The number of nitrogens with one attached hydrogen (secondary N) is 2. The van der Waals surface area contributed by atoms with Gasteiger partial charge in [-0.2, -0.15) is 0 Å². The van der Waals surface area contributed by atoms with Gasteiger partial charge in [0.05, 0.1) is 49.0 Å². The number of carbonyl (C=O) groups excluding carboxylic acids is 2. The topological polar surface area (TPSA) is 93.7 Å². The summed E-state index contributed by atoms with van der Waals surface area (Å²) in [7, 11) is 0. The van der Waals surface area contributed by atoms with E-state index in [1.165, 1.54) is 25.1 Å². The van der Waals surface area contributed by atoms with E-state index in [4.69, 9.17) is 13.6 Å². The molecule has 2 N–H and O–H groups in total. The van der Waals surface area contributed by atoms with Gasteiger partial charge in [0.15, 0.2) is 0 Å². The first-order valence-corrected chi connectivity index (χ1v) is 6.48. The second-order valence-corrected chi connectivity index (χ2v) is 4.72. The Labute approximate surface area is 120 Å². The van der Waals surface area contributed by atoms with Crippen molar-refractivity contribution in [1.82, 2.24) is 10.6 Å². The molecule has 0 saturated carbocycles.